The molecule has 0 aliphatic carbocycles. The molecule has 0 spiro atoms. The van der Waals surface area contributed by atoms with Crippen LogP contribution in [0.1, 0.15) is 13.8 Å². The largest absolute Gasteiger partial charge is 1.00 e. The quantitative estimate of drug-likeness (QED) is 0.169. The Balaban J connectivity index is 0. The monoisotopic (exact) mass is 147 g/mol. The number of nitriles is 1. The zero-order chi connectivity index (χ0) is 7.44. The molecule has 0 unspecified atom stereocenters. The molecule has 0 aromatic heterocycles. The fourth-order valence-corrected chi connectivity index (χ4v) is 0.405. The second-order valence-corrected chi connectivity index (χ2v) is 1.60. The molecule has 10 heavy (non-hydrogen) atoms. The predicted molar refractivity (Wildman–Crippen MR) is 29.0 cm³/mol. The van der Waals surface area contributed by atoms with Crippen LogP contribution in [0.4, 0.5) is 0 Å². The zero-order valence-electron chi connectivity index (χ0n) is 6.26. The Morgan fingerprint density at radius 3 is 1.90 bits per heavy atom. The van der Waals surface area contributed by atoms with Crippen molar-refractivity contribution in [2.45, 2.75) is 13.8 Å². The maximum absolute atomic E-state index is 10.3. The Morgan fingerprint density at radius 1 is 1.50 bits per heavy atom. The van der Waals surface area contributed by atoms with Gasteiger partial charge in [0.05, 0.1) is 5.57 Å². The second kappa shape index (κ2) is 5.48. The van der Waals surface area contributed by atoms with Crippen molar-refractivity contribution in [3.63, 3.8) is 0 Å². The summed E-state index contributed by atoms with van der Waals surface area (Å²) in [5, 5.41) is 18.5. The molecule has 0 saturated heterocycles. The number of ketones is 1. The molecule has 0 aromatic carbocycles. The summed E-state index contributed by atoms with van der Waals surface area (Å²) in [7, 11) is 0. The van der Waals surface area contributed by atoms with Crippen molar-refractivity contribution in [1.29, 1.82) is 5.26 Å². The number of Topliss-reactive ketones (excluding diaryl/α,β-unsaturated/α-hetero) is 1. The summed E-state index contributed by atoms with van der Waals surface area (Å²) in [6, 6.07) is 1.52. The molecule has 0 aromatic rings. The molecule has 0 bridgehead atoms. The van der Waals surface area contributed by atoms with Crippen molar-refractivity contribution >= 4 is 5.78 Å². The molecule has 0 amide bonds. The van der Waals surface area contributed by atoms with Gasteiger partial charge in [-0.25, -0.2) is 0 Å². The maximum atomic E-state index is 10.3. The average molecular weight is 147 g/mol. The van der Waals surface area contributed by atoms with Crippen LogP contribution in [-0.4, -0.2) is 5.78 Å². The van der Waals surface area contributed by atoms with Gasteiger partial charge in [-0.05, 0) is 6.92 Å². The maximum Gasteiger partial charge on any atom is 1.00 e. The van der Waals surface area contributed by atoms with E-state index in [4.69, 9.17) is 5.26 Å². The van der Waals surface area contributed by atoms with Crippen molar-refractivity contribution < 1.29 is 39.5 Å². The molecular weight excluding hydrogens is 141 g/mol. The molecule has 4 heteroatoms. The predicted octanol–water partition coefficient (Wildman–Crippen LogP) is -3.26. The summed E-state index contributed by atoms with van der Waals surface area (Å²) >= 11 is 0. The molecule has 3 nitrogen and oxygen atoms in total. The van der Waals surface area contributed by atoms with E-state index in [0.29, 0.717) is 0 Å². The van der Waals surface area contributed by atoms with Crippen LogP contribution in [0.2, 0.25) is 0 Å². The van der Waals surface area contributed by atoms with Gasteiger partial charge in [-0.1, -0.05) is 6.92 Å². The van der Waals surface area contributed by atoms with Crippen molar-refractivity contribution in [2.75, 3.05) is 0 Å². The Bertz CT molecular complexity index is 198. The second-order valence-electron chi connectivity index (χ2n) is 1.60. The Morgan fingerprint density at radius 2 is 1.90 bits per heavy atom. The standard InChI is InChI=1S/C6H7NO2.Na/c1-4(8)6(3-7)5(2)9;/h8H,1-2H3;/q;+1/p-1/b6-4+;. The number of carbonyl (C=O) groups excluding carboxylic acids is 1. The summed E-state index contributed by atoms with van der Waals surface area (Å²) in [6.45, 7) is 2.39. The van der Waals surface area contributed by atoms with E-state index in [9.17, 15) is 9.90 Å². The van der Waals surface area contributed by atoms with E-state index >= 15 is 0 Å². The zero-order valence-corrected chi connectivity index (χ0v) is 8.26. The van der Waals surface area contributed by atoms with Gasteiger partial charge in [0.2, 0.25) is 0 Å². The number of allylic oxidation sites excluding steroid dienone is 2. The summed E-state index contributed by atoms with van der Waals surface area (Å²) in [6.07, 6.45) is 0. The van der Waals surface area contributed by atoms with E-state index < -0.39 is 11.5 Å². The van der Waals surface area contributed by atoms with E-state index in [-0.39, 0.29) is 35.1 Å². The fraction of sp³-hybridized carbons (Fsp3) is 0.333. The molecule has 0 atom stereocenters. The molecule has 0 saturated carbocycles. The number of nitrogens with zero attached hydrogens (tertiary/aromatic N) is 1. The summed E-state index contributed by atoms with van der Waals surface area (Å²) in [5.74, 6) is -0.935. The van der Waals surface area contributed by atoms with Crippen molar-refractivity contribution in [2.24, 2.45) is 0 Å². The minimum Gasteiger partial charge on any atom is -0.875 e. The molecule has 0 radical (unpaired) electrons. The first kappa shape index (κ1) is 12.4. The molecule has 48 valence electrons. The van der Waals surface area contributed by atoms with Gasteiger partial charge in [0.15, 0.2) is 5.78 Å². The van der Waals surface area contributed by atoms with E-state index in [1.54, 1.807) is 0 Å². The van der Waals surface area contributed by atoms with Crippen LogP contribution < -0.4 is 34.7 Å². The minimum atomic E-state index is -0.468. The number of carbonyl (C=O) groups is 1. The van der Waals surface area contributed by atoms with E-state index in [2.05, 4.69) is 0 Å². The van der Waals surface area contributed by atoms with Gasteiger partial charge in [-0.2, -0.15) is 5.26 Å². The number of hydrogen-bond donors (Lipinski definition) is 0. The van der Waals surface area contributed by atoms with Gasteiger partial charge in [0.25, 0.3) is 0 Å². The van der Waals surface area contributed by atoms with Crippen LogP contribution in [-0.2, 0) is 4.79 Å². The topological polar surface area (TPSA) is 63.9 Å². The van der Waals surface area contributed by atoms with Crippen LogP contribution >= 0.6 is 0 Å². The summed E-state index contributed by atoms with van der Waals surface area (Å²) in [5.41, 5.74) is -0.282. The molecule has 0 N–H and O–H groups in total. The first-order valence-corrected chi connectivity index (χ1v) is 2.38. The third-order valence-electron chi connectivity index (χ3n) is 0.816. The SMILES string of the molecule is CC(=O)/C(C#N)=C(\C)[O-].[Na+]. The van der Waals surface area contributed by atoms with Crippen molar-refractivity contribution in [3.05, 3.63) is 11.3 Å². The third kappa shape index (κ3) is 3.67. The molecular formula is C6H6NNaO2. The van der Waals surface area contributed by atoms with Gasteiger partial charge in [-0.15, -0.1) is 5.76 Å². The average Bonchev–Trinajstić information content (AvgIpc) is 1.64. The number of hydrogen-bond acceptors (Lipinski definition) is 3. The van der Waals surface area contributed by atoms with Gasteiger partial charge in [0, 0.05) is 0 Å². The van der Waals surface area contributed by atoms with Crippen LogP contribution in [0.3, 0.4) is 0 Å². The molecule has 0 aliphatic heterocycles. The van der Waals surface area contributed by atoms with Gasteiger partial charge in [0.1, 0.15) is 6.07 Å². The molecule has 0 aliphatic rings. The van der Waals surface area contributed by atoms with Crippen LogP contribution in [0.5, 0.6) is 0 Å². The summed E-state index contributed by atoms with van der Waals surface area (Å²) < 4.78 is 0. The first-order chi connectivity index (χ1) is 4.09. The third-order valence-corrected chi connectivity index (χ3v) is 0.816. The Labute approximate surface area is 81.6 Å². The number of rotatable bonds is 1. The van der Waals surface area contributed by atoms with Gasteiger partial charge < -0.3 is 5.11 Å². The first-order valence-electron chi connectivity index (χ1n) is 2.38. The minimum absolute atomic E-state index is 0. The van der Waals surface area contributed by atoms with E-state index in [1.165, 1.54) is 19.9 Å². The van der Waals surface area contributed by atoms with Gasteiger partial charge >= 0.3 is 29.6 Å². The smallest absolute Gasteiger partial charge is 0.875 e. The van der Waals surface area contributed by atoms with Crippen molar-refractivity contribution in [3.8, 4) is 6.07 Å². The van der Waals surface area contributed by atoms with Gasteiger partial charge in [-0.3, -0.25) is 4.79 Å². The Kier molecular flexibility index (Phi) is 6.79. The van der Waals surface area contributed by atoms with Crippen LogP contribution in [0.15, 0.2) is 11.3 Å². The normalized spacial score (nSPS) is 10.5. The molecule has 0 fully saturated rings. The molecule has 0 rings (SSSR count). The van der Waals surface area contributed by atoms with E-state index in [0.717, 1.165) is 0 Å². The van der Waals surface area contributed by atoms with Crippen molar-refractivity contribution in [1.82, 2.24) is 0 Å². The molecule has 0 heterocycles. The van der Waals surface area contributed by atoms with Crippen LogP contribution in [0, 0.1) is 11.3 Å². The summed E-state index contributed by atoms with van der Waals surface area (Å²) in [4.78, 5) is 10.3. The van der Waals surface area contributed by atoms with Crippen LogP contribution in [0.25, 0.3) is 0 Å². The van der Waals surface area contributed by atoms with E-state index in [1.807, 2.05) is 0 Å². The Hall–Kier alpha value is -0.300. The fourth-order valence-electron chi connectivity index (χ4n) is 0.405.